The lowest BCUT2D eigenvalue weighted by Crippen LogP contribution is -2.02. The fourth-order valence-electron chi connectivity index (χ4n) is 1.76. The van der Waals surface area contributed by atoms with E-state index in [1.807, 2.05) is 36.5 Å². The maximum absolute atomic E-state index is 5.08. The molecule has 0 atom stereocenters. The lowest BCUT2D eigenvalue weighted by Gasteiger charge is -2.03. The van der Waals surface area contributed by atoms with Crippen molar-refractivity contribution in [2.45, 2.75) is 6.54 Å². The normalized spacial score (nSPS) is 10.6. The van der Waals surface area contributed by atoms with Crippen LogP contribution in [0.4, 0.5) is 5.95 Å². The molecule has 0 unspecified atom stereocenters. The Hall–Kier alpha value is -2.63. The van der Waals surface area contributed by atoms with E-state index in [-0.39, 0.29) is 0 Å². The summed E-state index contributed by atoms with van der Waals surface area (Å²) in [5.41, 5.74) is 1.88. The molecule has 0 spiro atoms. The second kappa shape index (κ2) is 4.93. The summed E-state index contributed by atoms with van der Waals surface area (Å²) < 4.78 is 6.81. The highest BCUT2D eigenvalue weighted by atomic mass is 16.5. The summed E-state index contributed by atoms with van der Waals surface area (Å²) in [6.45, 7) is 0.621. The quantitative estimate of drug-likeness (QED) is 0.769. The fourth-order valence-corrected chi connectivity index (χ4v) is 1.76. The first-order valence-corrected chi connectivity index (χ1v) is 5.89. The highest BCUT2D eigenvalue weighted by Crippen LogP contribution is 2.10. The van der Waals surface area contributed by atoms with Crippen LogP contribution in [0.2, 0.25) is 0 Å². The van der Waals surface area contributed by atoms with Gasteiger partial charge in [-0.2, -0.15) is 4.98 Å². The average Bonchev–Trinajstić information content (AvgIpc) is 2.88. The molecule has 0 bridgehead atoms. The van der Waals surface area contributed by atoms with Crippen molar-refractivity contribution in [2.24, 2.45) is 0 Å². The third-order valence-electron chi connectivity index (χ3n) is 2.70. The van der Waals surface area contributed by atoms with Crippen molar-refractivity contribution in [3.8, 4) is 5.88 Å². The lowest BCUT2D eigenvalue weighted by atomic mass is 10.2. The summed E-state index contributed by atoms with van der Waals surface area (Å²) in [7, 11) is 1.60. The number of fused-ring (bicyclic) bond motifs is 1. The van der Waals surface area contributed by atoms with Gasteiger partial charge in [0, 0.05) is 25.0 Å². The van der Waals surface area contributed by atoms with Crippen LogP contribution in [0.3, 0.4) is 0 Å². The van der Waals surface area contributed by atoms with Gasteiger partial charge in [-0.15, -0.1) is 5.10 Å². The van der Waals surface area contributed by atoms with Gasteiger partial charge in [-0.25, -0.2) is 9.50 Å². The van der Waals surface area contributed by atoms with Gasteiger partial charge in [0.25, 0.3) is 0 Å². The predicted molar refractivity (Wildman–Crippen MR) is 71.1 cm³/mol. The van der Waals surface area contributed by atoms with Gasteiger partial charge < -0.3 is 10.1 Å². The second-order valence-corrected chi connectivity index (χ2v) is 4.00. The van der Waals surface area contributed by atoms with E-state index in [0.29, 0.717) is 18.4 Å². The molecule has 0 saturated heterocycles. The van der Waals surface area contributed by atoms with Gasteiger partial charge in [0.15, 0.2) is 5.65 Å². The van der Waals surface area contributed by atoms with Gasteiger partial charge in [-0.1, -0.05) is 6.07 Å². The lowest BCUT2D eigenvalue weighted by molar-refractivity contribution is 0.397. The van der Waals surface area contributed by atoms with Crippen LogP contribution in [0.5, 0.6) is 5.88 Å². The van der Waals surface area contributed by atoms with Crippen molar-refractivity contribution in [2.75, 3.05) is 12.4 Å². The molecule has 0 aliphatic rings. The molecule has 0 aliphatic carbocycles. The first kappa shape index (κ1) is 11.5. The van der Waals surface area contributed by atoms with Crippen LogP contribution in [-0.4, -0.2) is 26.7 Å². The molecule has 6 heteroatoms. The van der Waals surface area contributed by atoms with Gasteiger partial charge in [0.2, 0.25) is 11.8 Å². The maximum atomic E-state index is 5.08. The third-order valence-corrected chi connectivity index (χ3v) is 2.70. The minimum atomic E-state index is 0.599. The first-order valence-electron chi connectivity index (χ1n) is 5.89. The number of aromatic nitrogens is 4. The number of hydrogen-bond acceptors (Lipinski definition) is 5. The van der Waals surface area contributed by atoms with Gasteiger partial charge in [0.05, 0.1) is 7.11 Å². The molecule has 1 N–H and O–H groups in total. The molecule has 0 aromatic carbocycles. The van der Waals surface area contributed by atoms with Crippen molar-refractivity contribution in [3.63, 3.8) is 0 Å². The molecule has 3 rings (SSSR count). The summed E-state index contributed by atoms with van der Waals surface area (Å²) in [6, 6.07) is 9.56. The SMILES string of the molecule is COc1cc(CNc2nc3ccccn3n2)ccn1. The van der Waals surface area contributed by atoms with Crippen LogP contribution in [0.1, 0.15) is 5.56 Å². The Balaban J connectivity index is 1.74. The molecular weight excluding hydrogens is 242 g/mol. The van der Waals surface area contributed by atoms with Crippen LogP contribution in [0.15, 0.2) is 42.7 Å². The van der Waals surface area contributed by atoms with Crippen molar-refractivity contribution < 1.29 is 4.74 Å². The summed E-state index contributed by atoms with van der Waals surface area (Å²) in [5.74, 6) is 1.20. The van der Waals surface area contributed by atoms with E-state index in [1.54, 1.807) is 17.8 Å². The van der Waals surface area contributed by atoms with Crippen molar-refractivity contribution in [1.82, 2.24) is 19.6 Å². The van der Waals surface area contributed by atoms with E-state index in [9.17, 15) is 0 Å². The van der Waals surface area contributed by atoms with E-state index in [2.05, 4.69) is 20.4 Å². The Bertz CT molecular complexity index is 661. The molecule has 0 aliphatic heterocycles. The molecule has 0 radical (unpaired) electrons. The van der Waals surface area contributed by atoms with E-state index >= 15 is 0 Å². The highest BCUT2D eigenvalue weighted by Gasteiger charge is 2.02. The number of anilines is 1. The number of rotatable bonds is 4. The van der Waals surface area contributed by atoms with Crippen LogP contribution >= 0.6 is 0 Å². The number of methoxy groups -OCH3 is 1. The first-order chi connectivity index (χ1) is 9.35. The summed E-state index contributed by atoms with van der Waals surface area (Å²) >= 11 is 0. The van der Waals surface area contributed by atoms with Gasteiger partial charge >= 0.3 is 0 Å². The Morgan fingerprint density at radius 2 is 2.26 bits per heavy atom. The monoisotopic (exact) mass is 255 g/mol. The molecule has 0 amide bonds. The zero-order valence-electron chi connectivity index (χ0n) is 10.4. The highest BCUT2D eigenvalue weighted by molar-refractivity contribution is 5.43. The third kappa shape index (κ3) is 2.47. The molecule has 3 aromatic heterocycles. The van der Waals surface area contributed by atoms with Crippen molar-refractivity contribution in [1.29, 1.82) is 0 Å². The molecule has 0 fully saturated rings. The minimum Gasteiger partial charge on any atom is -0.481 e. The molecule has 3 heterocycles. The Labute approximate surface area is 110 Å². The Morgan fingerprint density at radius 1 is 1.32 bits per heavy atom. The molecule has 3 aromatic rings. The van der Waals surface area contributed by atoms with Crippen LogP contribution in [-0.2, 0) is 6.54 Å². The van der Waals surface area contributed by atoms with Gasteiger partial charge in [-0.3, -0.25) is 0 Å². The Kier molecular flexibility index (Phi) is 2.97. The van der Waals surface area contributed by atoms with E-state index in [4.69, 9.17) is 4.74 Å². The molecule has 6 nitrogen and oxygen atoms in total. The average molecular weight is 255 g/mol. The predicted octanol–water partition coefficient (Wildman–Crippen LogP) is 1.74. The maximum Gasteiger partial charge on any atom is 0.243 e. The van der Waals surface area contributed by atoms with Crippen molar-refractivity contribution in [3.05, 3.63) is 48.3 Å². The number of nitrogens with one attached hydrogen (secondary N) is 1. The summed E-state index contributed by atoms with van der Waals surface area (Å²) in [5, 5.41) is 7.49. The molecule has 0 saturated carbocycles. The molecule has 19 heavy (non-hydrogen) atoms. The standard InChI is InChI=1S/C13H13N5O/c1-19-12-8-10(5-6-14-12)9-15-13-16-11-4-2-3-7-18(11)17-13/h2-8H,9H2,1H3,(H,15,17). The molecular formula is C13H13N5O. The van der Waals surface area contributed by atoms with Crippen molar-refractivity contribution >= 4 is 11.6 Å². The van der Waals surface area contributed by atoms with Crippen LogP contribution in [0.25, 0.3) is 5.65 Å². The summed E-state index contributed by atoms with van der Waals surface area (Å²) in [6.07, 6.45) is 3.58. The molecule has 96 valence electrons. The van der Waals surface area contributed by atoms with Gasteiger partial charge in [-0.05, 0) is 23.8 Å². The van der Waals surface area contributed by atoms with Crippen LogP contribution in [0, 0.1) is 0 Å². The van der Waals surface area contributed by atoms with E-state index < -0.39 is 0 Å². The number of pyridine rings is 2. The van der Waals surface area contributed by atoms with E-state index in [1.165, 1.54) is 0 Å². The largest absolute Gasteiger partial charge is 0.481 e. The second-order valence-electron chi connectivity index (χ2n) is 4.00. The number of nitrogens with zero attached hydrogens (tertiary/aromatic N) is 4. The minimum absolute atomic E-state index is 0.599. The Morgan fingerprint density at radius 3 is 3.11 bits per heavy atom. The topological polar surface area (TPSA) is 64.3 Å². The zero-order chi connectivity index (χ0) is 13.1. The van der Waals surface area contributed by atoms with Gasteiger partial charge in [0.1, 0.15) is 0 Å². The zero-order valence-corrected chi connectivity index (χ0v) is 10.4. The van der Waals surface area contributed by atoms with E-state index in [0.717, 1.165) is 11.2 Å². The van der Waals surface area contributed by atoms with Crippen LogP contribution < -0.4 is 10.1 Å². The number of hydrogen-bond donors (Lipinski definition) is 1. The smallest absolute Gasteiger partial charge is 0.243 e. The number of ether oxygens (including phenoxy) is 1. The summed E-state index contributed by atoms with van der Waals surface area (Å²) in [4.78, 5) is 8.43. The fraction of sp³-hybridized carbons (Fsp3) is 0.154.